The monoisotopic (exact) mass is 279 g/mol. The first-order valence-electron chi connectivity index (χ1n) is 6.64. The minimum Gasteiger partial charge on any atom is -0.423 e. The average Bonchev–Trinajstić information content (AvgIpc) is 2.87. The molecule has 2 aromatic carbocycles. The number of ketones is 1. The van der Waals surface area contributed by atoms with Gasteiger partial charge in [0.05, 0.1) is 6.61 Å². The van der Waals surface area contributed by atoms with Gasteiger partial charge in [-0.15, -0.1) is 0 Å². The summed E-state index contributed by atoms with van der Waals surface area (Å²) in [6, 6.07) is 12.4. The second-order valence-electron chi connectivity index (χ2n) is 4.94. The molecule has 1 aliphatic heterocycles. The van der Waals surface area contributed by atoms with E-state index >= 15 is 0 Å². The first-order valence-corrected chi connectivity index (χ1v) is 6.64. The molecular weight excluding hydrogens is 265 g/mol. The molecule has 0 aliphatic carbocycles. The average molecular weight is 279 g/mol. The number of carbonyl (C=O) groups excluding carboxylic acids is 1. The molecule has 0 atom stereocenters. The molecule has 0 unspecified atom stereocenters. The molecular formula is C16H14BNO3. The van der Waals surface area contributed by atoms with Crippen molar-refractivity contribution < 1.29 is 14.5 Å². The third-order valence-electron chi connectivity index (χ3n) is 3.46. The van der Waals surface area contributed by atoms with Crippen molar-refractivity contribution in [3.05, 3.63) is 65.2 Å². The molecule has 21 heavy (non-hydrogen) atoms. The third kappa shape index (κ3) is 2.89. The Hall–Kier alpha value is -2.37. The van der Waals surface area contributed by atoms with Crippen LogP contribution in [0.3, 0.4) is 0 Å². The lowest BCUT2D eigenvalue weighted by atomic mass is 9.79. The molecule has 0 saturated heterocycles. The quantitative estimate of drug-likeness (QED) is 0.385. The highest BCUT2D eigenvalue weighted by Gasteiger charge is 2.26. The van der Waals surface area contributed by atoms with Crippen molar-refractivity contribution in [3.8, 4) is 0 Å². The first kappa shape index (κ1) is 13.6. The summed E-state index contributed by atoms with van der Waals surface area (Å²) in [6.07, 6.45) is 3.24. The van der Waals surface area contributed by atoms with E-state index in [4.69, 9.17) is 10.4 Å². The number of allylic oxidation sites excluding steroid dienone is 1. The summed E-state index contributed by atoms with van der Waals surface area (Å²) in [6.45, 7) is 0.421. The molecule has 0 spiro atoms. The van der Waals surface area contributed by atoms with Gasteiger partial charge >= 0.3 is 7.12 Å². The van der Waals surface area contributed by atoms with E-state index in [2.05, 4.69) is 0 Å². The zero-order valence-corrected chi connectivity index (χ0v) is 11.3. The summed E-state index contributed by atoms with van der Waals surface area (Å²) in [5, 5.41) is 9.66. The van der Waals surface area contributed by atoms with Gasteiger partial charge in [-0.3, -0.25) is 4.79 Å². The molecule has 0 fully saturated rings. The zero-order valence-electron chi connectivity index (χ0n) is 11.3. The maximum absolute atomic E-state index is 12.0. The Labute approximate surface area is 123 Å². The fraction of sp³-hybridized carbons (Fsp3) is 0.0625. The molecule has 0 radical (unpaired) electrons. The van der Waals surface area contributed by atoms with Gasteiger partial charge in [-0.05, 0) is 46.9 Å². The second-order valence-corrected chi connectivity index (χ2v) is 4.94. The summed E-state index contributed by atoms with van der Waals surface area (Å²) < 4.78 is 5.14. The van der Waals surface area contributed by atoms with Crippen molar-refractivity contribution in [2.75, 3.05) is 5.73 Å². The van der Waals surface area contributed by atoms with E-state index in [0.29, 0.717) is 17.9 Å². The standard InChI is InChI=1S/C16H14BNO3/c18-14-6-4-12(5-7-14)16(19)8-2-11-1-3-13-10-21-17(20)15(13)9-11/h1-9,20H,10,18H2/b8-2+. The highest BCUT2D eigenvalue weighted by atomic mass is 16.5. The van der Waals surface area contributed by atoms with Gasteiger partial charge in [0, 0.05) is 11.3 Å². The van der Waals surface area contributed by atoms with Crippen molar-refractivity contribution in [1.29, 1.82) is 0 Å². The van der Waals surface area contributed by atoms with Crippen LogP contribution in [-0.4, -0.2) is 17.9 Å². The fourth-order valence-electron chi connectivity index (χ4n) is 2.25. The molecule has 4 nitrogen and oxygen atoms in total. The summed E-state index contributed by atoms with van der Waals surface area (Å²) >= 11 is 0. The Balaban J connectivity index is 1.78. The van der Waals surface area contributed by atoms with Gasteiger partial charge in [-0.2, -0.15) is 0 Å². The number of hydrogen-bond acceptors (Lipinski definition) is 4. The van der Waals surface area contributed by atoms with Crippen molar-refractivity contribution >= 4 is 30.1 Å². The van der Waals surface area contributed by atoms with E-state index in [-0.39, 0.29) is 5.78 Å². The van der Waals surface area contributed by atoms with Crippen LogP contribution in [0.4, 0.5) is 5.69 Å². The van der Waals surface area contributed by atoms with Gasteiger partial charge in [0.1, 0.15) is 0 Å². The van der Waals surface area contributed by atoms with Crippen LogP contribution in [-0.2, 0) is 11.3 Å². The van der Waals surface area contributed by atoms with Crippen molar-refractivity contribution in [2.24, 2.45) is 0 Å². The van der Waals surface area contributed by atoms with Crippen LogP contribution in [0.15, 0.2) is 48.5 Å². The number of benzene rings is 2. The van der Waals surface area contributed by atoms with Gasteiger partial charge in [-0.25, -0.2) is 0 Å². The molecule has 104 valence electrons. The lowest BCUT2D eigenvalue weighted by Crippen LogP contribution is -2.28. The Kier molecular flexibility index (Phi) is 3.60. The molecule has 3 rings (SSSR count). The highest BCUT2D eigenvalue weighted by Crippen LogP contribution is 2.13. The minimum absolute atomic E-state index is 0.0905. The molecule has 0 bridgehead atoms. The number of rotatable bonds is 3. The smallest absolute Gasteiger partial charge is 0.423 e. The Bertz CT molecular complexity index is 710. The molecule has 0 aromatic heterocycles. The summed E-state index contributed by atoms with van der Waals surface area (Å²) in [4.78, 5) is 12.0. The number of nitrogens with two attached hydrogens (primary N) is 1. The summed E-state index contributed by atoms with van der Waals surface area (Å²) in [5.74, 6) is -0.0905. The molecule has 5 heteroatoms. The molecule has 3 N–H and O–H groups in total. The largest absolute Gasteiger partial charge is 0.491 e. The van der Waals surface area contributed by atoms with Crippen molar-refractivity contribution in [1.82, 2.24) is 0 Å². The Morgan fingerprint density at radius 3 is 2.76 bits per heavy atom. The molecule has 2 aromatic rings. The fourth-order valence-corrected chi connectivity index (χ4v) is 2.25. The first-order chi connectivity index (χ1) is 10.1. The molecule has 0 amide bonds. The van der Waals surface area contributed by atoms with Crippen LogP contribution < -0.4 is 11.2 Å². The summed E-state index contributed by atoms with van der Waals surface area (Å²) in [5.41, 5.74) is 9.39. The molecule has 1 heterocycles. The normalized spacial score (nSPS) is 13.7. The van der Waals surface area contributed by atoms with Crippen LogP contribution in [0.25, 0.3) is 6.08 Å². The lowest BCUT2D eigenvalue weighted by molar-refractivity contribution is 0.104. The van der Waals surface area contributed by atoms with Gasteiger partial charge in [0.25, 0.3) is 0 Å². The topological polar surface area (TPSA) is 72.6 Å². The van der Waals surface area contributed by atoms with Crippen LogP contribution in [0.5, 0.6) is 0 Å². The maximum Gasteiger partial charge on any atom is 0.491 e. The number of anilines is 1. The van der Waals surface area contributed by atoms with Crippen LogP contribution in [0, 0.1) is 0 Å². The molecule has 0 saturated carbocycles. The third-order valence-corrected chi connectivity index (χ3v) is 3.46. The van der Waals surface area contributed by atoms with Gasteiger partial charge in [0.15, 0.2) is 5.78 Å². The Morgan fingerprint density at radius 2 is 2.00 bits per heavy atom. The number of hydrogen-bond donors (Lipinski definition) is 2. The summed E-state index contributed by atoms with van der Waals surface area (Å²) in [7, 11) is -0.874. The van der Waals surface area contributed by atoms with Crippen LogP contribution >= 0.6 is 0 Å². The van der Waals surface area contributed by atoms with Crippen molar-refractivity contribution in [3.63, 3.8) is 0 Å². The van der Waals surface area contributed by atoms with E-state index < -0.39 is 7.12 Å². The predicted molar refractivity (Wildman–Crippen MR) is 83.1 cm³/mol. The number of fused-ring (bicyclic) bond motifs is 1. The number of nitrogen functional groups attached to an aromatic ring is 1. The highest BCUT2D eigenvalue weighted by molar-refractivity contribution is 6.61. The second kappa shape index (κ2) is 5.56. The van der Waals surface area contributed by atoms with E-state index in [1.165, 1.54) is 6.08 Å². The maximum atomic E-state index is 12.0. The van der Waals surface area contributed by atoms with Crippen LogP contribution in [0.1, 0.15) is 21.5 Å². The molecule has 1 aliphatic rings. The predicted octanol–water partition coefficient (Wildman–Crippen LogP) is 1.38. The zero-order chi connectivity index (χ0) is 14.8. The van der Waals surface area contributed by atoms with Gasteiger partial charge in [0.2, 0.25) is 0 Å². The SMILES string of the molecule is Nc1ccc(C(=O)/C=C/c2ccc3c(c2)B(O)OC3)cc1. The lowest BCUT2D eigenvalue weighted by Gasteiger charge is -2.00. The van der Waals surface area contributed by atoms with Gasteiger partial charge in [-0.1, -0.05) is 24.3 Å². The Morgan fingerprint density at radius 1 is 1.24 bits per heavy atom. The van der Waals surface area contributed by atoms with E-state index in [0.717, 1.165) is 16.6 Å². The minimum atomic E-state index is -0.874. The van der Waals surface area contributed by atoms with Gasteiger partial charge < -0.3 is 15.4 Å². The van der Waals surface area contributed by atoms with Crippen LogP contribution in [0.2, 0.25) is 0 Å². The van der Waals surface area contributed by atoms with E-state index in [1.54, 1.807) is 30.3 Å². The van der Waals surface area contributed by atoms with Crippen molar-refractivity contribution in [2.45, 2.75) is 6.61 Å². The number of carbonyl (C=O) groups is 1. The van der Waals surface area contributed by atoms with E-state index in [1.807, 2.05) is 18.2 Å². The van der Waals surface area contributed by atoms with E-state index in [9.17, 15) is 9.82 Å².